The molecule has 5 nitrogen and oxygen atoms in total. The molecular formula is C24H31Cl2N3O2S. The number of ether oxygens (including phenoxy) is 1. The third-order valence-electron chi connectivity index (χ3n) is 6.72. The Hall–Kier alpha value is -1.31. The topological polar surface area (TPSA) is 53.6 Å². The van der Waals surface area contributed by atoms with Gasteiger partial charge in [0.1, 0.15) is 0 Å². The van der Waals surface area contributed by atoms with E-state index in [9.17, 15) is 4.79 Å². The van der Waals surface area contributed by atoms with E-state index in [0.717, 1.165) is 54.8 Å². The van der Waals surface area contributed by atoms with Gasteiger partial charge in [-0.25, -0.2) is 4.79 Å². The van der Waals surface area contributed by atoms with Crippen molar-refractivity contribution >= 4 is 46.3 Å². The summed E-state index contributed by atoms with van der Waals surface area (Å²) in [6.07, 6.45) is 6.14. The van der Waals surface area contributed by atoms with E-state index in [2.05, 4.69) is 21.6 Å². The molecule has 0 bridgehead atoms. The van der Waals surface area contributed by atoms with Crippen molar-refractivity contribution in [1.29, 1.82) is 0 Å². The van der Waals surface area contributed by atoms with E-state index in [1.165, 1.54) is 17.7 Å². The minimum absolute atomic E-state index is 0.0671. The number of carbonyl (C=O) groups is 1. The first-order chi connectivity index (χ1) is 15.5. The molecule has 32 heavy (non-hydrogen) atoms. The van der Waals surface area contributed by atoms with Crippen LogP contribution < -0.4 is 10.6 Å². The molecule has 2 unspecified atom stereocenters. The second kappa shape index (κ2) is 11.2. The zero-order chi connectivity index (χ0) is 22.5. The maximum Gasteiger partial charge on any atom is 0.319 e. The predicted molar refractivity (Wildman–Crippen MR) is 133 cm³/mol. The van der Waals surface area contributed by atoms with Crippen molar-refractivity contribution in [3.63, 3.8) is 0 Å². The van der Waals surface area contributed by atoms with Gasteiger partial charge in [-0.15, -0.1) is 11.3 Å². The van der Waals surface area contributed by atoms with Gasteiger partial charge in [-0.05, 0) is 74.4 Å². The van der Waals surface area contributed by atoms with Crippen molar-refractivity contribution in [2.75, 3.05) is 32.1 Å². The van der Waals surface area contributed by atoms with Gasteiger partial charge in [0.2, 0.25) is 0 Å². The highest BCUT2D eigenvalue weighted by atomic mass is 35.5. The smallest absolute Gasteiger partial charge is 0.319 e. The number of nitrogens with zero attached hydrogens (tertiary/aromatic N) is 1. The molecule has 2 aliphatic rings. The normalized spacial score (nSPS) is 26.6. The Bertz CT molecular complexity index is 884. The van der Waals surface area contributed by atoms with E-state index in [4.69, 9.17) is 27.9 Å². The quantitative estimate of drug-likeness (QED) is 0.498. The average Bonchev–Trinajstić information content (AvgIpc) is 3.23. The molecule has 2 amide bonds. The molecule has 1 aromatic heterocycles. The highest BCUT2D eigenvalue weighted by molar-refractivity contribution is 7.16. The second-order valence-electron chi connectivity index (χ2n) is 8.89. The molecule has 2 fully saturated rings. The van der Waals surface area contributed by atoms with E-state index >= 15 is 0 Å². The standard InChI is InChI=1S/C24H31Cl2N3O2S/c1-31-19-8-2-16(3-9-19)14-29-13-12-21(20(15-29)22-10-11-23(26)32-22)28-24(30)27-18-6-4-17(25)5-7-18/h4-7,10-11,16,19-21H,2-3,8-9,12-15H2,1H3,(H2,27,28,30). The molecular weight excluding hydrogens is 465 g/mol. The Morgan fingerprint density at radius 1 is 1.09 bits per heavy atom. The number of thiophene rings is 1. The van der Waals surface area contributed by atoms with Crippen LogP contribution in [-0.4, -0.2) is 49.8 Å². The molecule has 2 heterocycles. The highest BCUT2D eigenvalue weighted by Gasteiger charge is 2.34. The number of benzene rings is 1. The number of hydrogen-bond donors (Lipinski definition) is 2. The Balaban J connectivity index is 1.37. The molecule has 1 saturated carbocycles. The summed E-state index contributed by atoms with van der Waals surface area (Å²) in [6.45, 7) is 3.05. The first-order valence-corrected chi connectivity index (χ1v) is 12.9. The van der Waals surface area contributed by atoms with Crippen LogP contribution in [0.4, 0.5) is 10.5 Å². The predicted octanol–water partition coefficient (Wildman–Crippen LogP) is 6.24. The van der Waals surface area contributed by atoms with Crippen molar-refractivity contribution in [3.8, 4) is 0 Å². The molecule has 1 aromatic carbocycles. The molecule has 1 aliphatic carbocycles. The molecule has 0 spiro atoms. The molecule has 8 heteroatoms. The van der Waals surface area contributed by atoms with Crippen LogP contribution in [0.2, 0.25) is 9.36 Å². The van der Waals surface area contributed by atoms with E-state index < -0.39 is 0 Å². The summed E-state index contributed by atoms with van der Waals surface area (Å²) in [4.78, 5) is 16.5. The van der Waals surface area contributed by atoms with Crippen LogP contribution in [0, 0.1) is 5.92 Å². The molecule has 1 saturated heterocycles. The van der Waals surface area contributed by atoms with Crippen LogP contribution in [0.5, 0.6) is 0 Å². The summed E-state index contributed by atoms with van der Waals surface area (Å²) in [5.74, 6) is 0.958. The van der Waals surface area contributed by atoms with Crippen molar-refractivity contribution in [2.24, 2.45) is 5.92 Å². The van der Waals surface area contributed by atoms with Crippen molar-refractivity contribution < 1.29 is 9.53 Å². The first-order valence-electron chi connectivity index (χ1n) is 11.3. The van der Waals surface area contributed by atoms with Crippen LogP contribution in [-0.2, 0) is 4.74 Å². The fourth-order valence-electron chi connectivity index (χ4n) is 4.96. The van der Waals surface area contributed by atoms with Crippen LogP contribution >= 0.6 is 34.5 Å². The van der Waals surface area contributed by atoms with Gasteiger partial charge >= 0.3 is 6.03 Å². The third kappa shape index (κ3) is 6.39. The number of anilines is 1. The second-order valence-corrected chi connectivity index (χ2v) is 11.1. The lowest BCUT2D eigenvalue weighted by molar-refractivity contribution is 0.0462. The zero-order valence-corrected chi connectivity index (χ0v) is 20.7. The lowest BCUT2D eigenvalue weighted by Crippen LogP contribution is -2.51. The number of urea groups is 1. The van der Waals surface area contributed by atoms with E-state index in [1.807, 2.05) is 13.2 Å². The largest absolute Gasteiger partial charge is 0.381 e. The number of amides is 2. The van der Waals surface area contributed by atoms with Gasteiger partial charge in [-0.3, -0.25) is 0 Å². The maximum absolute atomic E-state index is 12.7. The van der Waals surface area contributed by atoms with Crippen LogP contribution in [0.1, 0.15) is 42.9 Å². The third-order valence-corrected chi connectivity index (χ3v) is 8.33. The van der Waals surface area contributed by atoms with Crippen LogP contribution in [0.15, 0.2) is 36.4 Å². The summed E-state index contributed by atoms with van der Waals surface area (Å²) < 4.78 is 6.32. The average molecular weight is 497 g/mol. The molecule has 1 aliphatic heterocycles. The fourth-order valence-corrected chi connectivity index (χ4v) is 6.30. The molecule has 4 rings (SSSR count). The van der Waals surface area contributed by atoms with Crippen LogP contribution in [0.25, 0.3) is 0 Å². The molecule has 2 aromatic rings. The number of rotatable bonds is 6. The summed E-state index contributed by atoms with van der Waals surface area (Å²) in [6, 6.07) is 11.1. The van der Waals surface area contributed by atoms with Crippen molar-refractivity contribution in [2.45, 2.75) is 50.2 Å². The number of likely N-dealkylation sites (tertiary alicyclic amines) is 1. The fraction of sp³-hybridized carbons (Fsp3) is 0.542. The molecule has 2 atom stereocenters. The molecule has 2 N–H and O–H groups in total. The maximum atomic E-state index is 12.7. The Morgan fingerprint density at radius 3 is 2.50 bits per heavy atom. The van der Waals surface area contributed by atoms with Gasteiger partial charge in [-0.2, -0.15) is 0 Å². The SMILES string of the molecule is COC1CCC(CN2CCC(NC(=O)Nc3ccc(Cl)cc3)C(c3ccc(Cl)s3)C2)CC1. The van der Waals surface area contributed by atoms with E-state index in [1.54, 1.807) is 35.6 Å². The number of piperidine rings is 1. The Kier molecular flexibility index (Phi) is 8.35. The summed E-state index contributed by atoms with van der Waals surface area (Å²) in [7, 11) is 1.82. The van der Waals surface area contributed by atoms with Crippen molar-refractivity contribution in [3.05, 3.63) is 50.6 Å². The summed E-state index contributed by atoms with van der Waals surface area (Å²) in [5.41, 5.74) is 0.728. The number of nitrogens with one attached hydrogen (secondary N) is 2. The minimum atomic E-state index is -0.184. The zero-order valence-electron chi connectivity index (χ0n) is 18.4. The number of carbonyl (C=O) groups excluding carboxylic acids is 1. The van der Waals surface area contributed by atoms with Gasteiger partial charge < -0.3 is 20.3 Å². The van der Waals surface area contributed by atoms with Crippen molar-refractivity contribution in [1.82, 2.24) is 10.2 Å². The first kappa shape index (κ1) is 23.8. The van der Waals surface area contributed by atoms with Crippen LogP contribution in [0.3, 0.4) is 0 Å². The Labute approximate surface area is 204 Å². The Morgan fingerprint density at radius 2 is 1.84 bits per heavy atom. The molecule has 174 valence electrons. The minimum Gasteiger partial charge on any atom is -0.381 e. The lowest BCUT2D eigenvalue weighted by atomic mass is 9.85. The number of halogens is 2. The van der Waals surface area contributed by atoms with Gasteiger partial charge in [0.05, 0.1) is 10.4 Å². The summed E-state index contributed by atoms with van der Waals surface area (Å²) in [5, 5.41) is 6.79. The van der Waals surface area contributed by atoms with E-state index in [0.29, 0.717) is 11.1 Å². The highest BCUT2D eigenvalue weighted by Crippen LogP contribution is 2.35. The monoisotopic (exact) mass is 495 g/mol. The summed E-state index contributed by atoms with van der Waals surface area (Å²) >= 11 is 13.8. The van der Waals surface area contributed by atoms with Gasteiger partial charge in [0.25, 0.3) is 0 Å². The number of hydrogen-bond acceptors (Lipinski definition) is 4. The molecule has 0 radical (unpaired) electrons. The number of methoxy groups -OCH3 is 1. The van der Waals surface area contributed by atoms with Gasteiger partial charge in [0.15, 0.2) is 0 Å². The van der Waals surface area contributed by atoms with Gasteiger partial charge in [-0.1, -0.05) is 23.2 Å². The lowest BCUT2D eigenvalue weighted by Gasteiger charge is -2.41. The van der Waals surface area contributed by atoms with E-state index in [-0.39, 0.29) is 18.0 Å². The van der Waals surface area contributed by atoms with Gasteiger partial charge in [0, 0.05) is 54.3 Å².